The lowest BCUT2D eigenvalue weighted by molar-refractivity contribution is 0.102. The predicted molar refractivity (Wildman–Crippen MR) is 78.3 cm³/mol. The maximum Gasteiger partial charge on any atom is 0.260 e. The summed E-state index contributed by atoms with van der Waals surface area (Å²) in [6.45, 7) is 0. The molecule has 0 fully saturated rings. The van der Waals surface area contributed by atoms with Crippen LogP contribution < -0.4 is 11.1 Å². The Bertz CT molecular complexity index is 771. The molecule has 1 heterocycles. The normalized spacial score (nSPS) is 10.4. The molecule has 0 aliphatic rings. The van der Waals surface area contributed by atoms with Crippen LogP contribution in [0.1, 0.15) is 10.4 Å². The average Bonchev–Trinajstić information content (AvgIpc) is 2.47. The fourth-order valence-electron chi connectivity index (χ4n) is 1.99. The molecule has 0 aliphatic carbocycles. The maximum atomic E-state index is 12.2. The van der Waals surface area contributed by atoms with Crippen LogP contribution in [0.3, 0.4) is 0 Å². The van der Waals surface area contributed by atoms with E-state index in [0.717, 1.165) is 10.8 Å². The number of hydrogen-bond acceptors (Lipinski definition) is 4. The smallest absolute Gasteiger partial charge is 0.260 e. The molecule has 5 heteroatoms. The predicted octanol–water partition coefficient (Wildman–Crippen LogP) is 2.46. The first-order valence-electron chi connectivity index (χ1n) is 6.11. The minimum absolute atomic E-state index is 0.255. The lowest BCUT2D eigenvalue weighted by Gasteiger charge is -2.08. The van der Waals surface area contributed by atoms with Gasteiger partial charge < -0.3 is 5.73 Å². The van der Waals surface area contributed by atoms with Crippen molar-refractivity contribution in [1.82, 2.24) is 9.97 Å². The summed E-state index contributed by atoms with van der Waals surface area (Å²) < 4.78 is 0. The van der Waals surface area contributed by atoms with Crippen molar-refractivity contribution in [3.05, 3.63) is 60.4 Å². The highest BCUT2D eigenvalue weighted by Crippen LogP contribution is 2.22. The summed E-state index contributed by atoms with van der Waals surface area (Å²) in [5.41, 5.74) is 6.78. The molecule has 0 saturated carbocycles. The molecule has 0 atom stereocenters. The Morgan fingerprint density at radius 2 is 1.65 bits per heavy atom. The molecular weight excluding hydrogens is 252 g/mol. The van der Waals surface area contributed by atoms with Crippen LogP contribution in [-0.2, 0) is 0 Å². The number of fused-ring (bicyclic) bond motifs is 1. The highest BCUT2D eigenvalue weighted by Gasteiger charge is 2.12. The molecule has 2 aromatic carbocycles. The molecule has 5 nitrogen and oxygen atoms in total. The Balaban J connectivity index is 1.97. The van der Waals surface area contributed by atoms with Gasteiger partial charge in [-0.2, -0.15) is 0 Å². The summed E-state index contributed by atoms with van der Waals surface area (Å²) in [5, 5.41) is 4.58. The second kappa shape index (κ2) is 4.97. The topological polar surface area (TPSA) is 80.9 Å². The van der Waals surface area contributed by atoms with Crippen LogP contribution in [0.25, 0.3) is 10.8 Å². The summed E-state index contributed by atoms with van der Waals surface area (Å²) >= 11 is 0. The van der Waals surface area contributed by atoms with Crippen LogP contribution >= 0.6 is 0 Å². The number of nitrogens with one attached hydrogen (secondary N) is 1. The van der Waals surface area contributed by atoms with E-state index in [4.69, 9.17) is 5.73 Å². The van der Waals surface area contributed by atoms with Gasteiger partial charge in [0, 0.05) is 18.1 Å². The number of anilines is 2. The number of carbonyl (C=O) groups excluding carboxylic acids is 1. The number of aromatic nitrogens is 2. The Labute approximate surface area is 115 Å². The monoisotopic (exact) mass is 264 g/mol. The number of nitrogen functional groups attached to an aromatic ring is 1. The quantitative estimate of drug-likeness (QED) is 0.697. The van der Waals surface area contributed by atoms with Crippen molar-refractivity contribution >= 4 is 28.3 Å². The van der Waals surface area contributed by atoms with E-state index < -0.39 is 0 Å². The van der Waals surface area contributed by atoms with Crippen LogP contribution in [0.15, 0.2) is 54.9 Å². The zero-order valence-corrected chi connectivity index (χ0v) is 10.6. The van der Waals surface area contributed by atoms with Gasteiger partial charge in [-0.05, 0) is 29.0 Å². The van der Waals surface area contributed by atoms with Crippen molar-refractivity contribution < 1.29 is 4.79 Å². The van der Waals surface area contributed by atoms with Crippen molar-refractivity contribution in [3.8, 4) is 0 Å². The van der Waals surface area contributed by atoms with E-state index in [1.807, 2.05) is 24.3 Å². The molecule has 0 bridgehead atoms. The molecule has 0 unspecified atom stereocenters. The Morgan fingerprint density at radius 3 is 2.35 bits per heavy atom. The van der Waals surface area contributed by atoms with E-state index in [1.54, 1.807) is 30.6 Å². The average molecular weight is 264 g/mol. The molecule has 3 rings (SSSR count). The third-order valence-corrected chi connectivity index (χ3v) is 2.95. The van der Waals surface area contributed by atoms with Crippen molar-refractivity contribution in [3.63, 3.8) is 0 Å². The van der Waals surface area contributed by atoms with E-state index in [0.29, 0.717) is 11.3 Å². The fraction of sp³-hybridized carbons (Fsp3) is 0. The number of hydrogen-bond donors (Lipinski definition) is 2. The van der Waals surface area contributed by atoms with Crippen molar-refractivity contribution in [1.29, 1.82) is 0 Å². The van der Waals surface area contributed by atoms with Crippen LogP contribution in [0, 0.1) is 0 Å². The summed E-state index contributed by atoms with van der Waals surface area (Å²) in [6.07, 6.45) is 3.12. The van der Waals surface area contributed by atoms with Gasteiger partial charge in [0.05, 0.1) is 5.56 Å². The second-order valence-electron chi connectivity index (χ2n) is 4.31. The van der Waals surface area contributed by atoms with Gasteiger partial charge in [0.1, 0.15) is 0 Å². The van der Waals surface area contributed by atoms with Gasteiger partial charge in [0.15, 0.2) is 0 Å². The van der Waals surface area contributed by atoms with Crippen LogP contribution in [0.4, 0.5) is 11.6 Å². The molecular formula is C15H12N4O. The van der Waals surface area contributed by atoms with E-state index in [9.17, 15) is 4.79 Å². The second-order valence-corrected chi connectivity index (χ2v) is 4.31. The first kappa shape index (κ1) is 12.1. The first-order chi connectivity index (χ1) is 9.74. The van der Waals surface area contributed by atoms with Crippen LogP contribution in [0.2, 0.25) is 0 Å². The van der Waals surface area contributed by atoms with E-state index in [2.05, 4.69) is 15.3 Å². The third kappa shape index (κ3) is 2.29. The standard InChI is InChI=1S/C15H12N4O/c16-13-9-11-5-2-1-4-10(11)8-12(13)14(20)19-15-17-6-3-7-18-15/h1-9H,16H2,(H,17,18,19,20). The van der Waals surface area contributed by atoms with Gasteiger partial charge in [-0.3, -0.25) is 10.1 Å². The molecule has 3 aromatic rings. The molecule has 1 amide bonds. The first-order valence-corrected chi connectivity index (χ1v) is 6.11. The Kier molecular flexibility index (Phi) is 3.01. The SMILES string of the molecule is Nc1cc2ccccc2cc1C(=O)Nc1ncccn1. The van der Waals surface area contributed by atoms with Gasteiger partial charge in [0.2, 0.25) is 5.95 Å². The van der Waals surface area contributed by atoms with Gasteiger partial charge >= 0.3 is 0 Å². The zero-order chi connectivity index (χ0) is 13.9. The van der Waals surface area contributed by atoms with Gasteiger partial charge in [-0.25, -0.2) is 9.97 Å². The van der Waals surface area contributed by atoms with Gasteiger partial charge in [-0.1, -0.05) is 24.3 Å². The summed E-state index contributed by atoms with van der Waals surface area (Å²) in [5.74, 6) is -0.0653. The van der Waals surface area contributed by atoms with Gasteiger partial charge in [0.25, 0.3) is 5.91 Å². The number of nitrogens with zero attached hydrogens (tertiary/aromatic N) is 2. The number of amides is 1. The lowest BCUT2D eigenvalue weighted by Crippen LogP contribution is -2.15. The van der Waals surface area contributed by atoms with E-state index in [1.165, 1.54) is 0 Å². The molecule has 0 saturated heterocycles. The number of nitrogens with two attached hydrogens (primary N) is 1. The number of rotatable bonds is 2. The molecule has 3 N–H and O–H groups in total. The number of carbonyl (C=O) groups is 1. The summed E-state index contributed by atoms with van der Waals surface area (Å²) in [4.78, 5) is 20.1. The van der Waals surface area contributed by atoms with Crippen molar-refractivity contribution in [2.75, 3.05) is 11.1 Å². The highest BCUT2D eigenvalue weighted by molar-refractivity contribution is 6.09. The molecule has 1 aromatic heterocycles. The molecule has 0 spiro atoms. The van der Waals surface area contributed by atoms with E-state index in [-0.39, 0.29) is 11.9 Å². The van der Waals surface area contributed by atoms with Gasteiger partial charge in [-0.15, -0.1) is 0 Å². The highest BCUT2D eigenvalue weighted by atomic mass is 16.1. The molecule has 0 aliphatic heterocycles. The minimum Gasteiger partial charge on any atom is -0.398 e. The molecule has 20 heavy (non-hydrogen) atoms. The third-order valence-electron chi connectivity index (χ3n) is 2.95. The Hall–Kier alpha value is -2.95. The van der Waals surface area contributed by atoms with Crippen LogP contribution in [0.5, 0.6) is 0 Å². The largest absolute Gasteiger partial charge is 0.398 e. The summed E-state index contributed by atoms with van der Waals surface area (Å²) in [7, 11) is 0. The number of benzene rings is 2. The fourth-order valence-corrected chi connectivity index (χ4v) is 1.99. The Morgan fingerprint density at radius 1 is 1.00 bits per heavy atom. The molecule has 98 valence electrons. The minimum atomic E-state index is -0.320. The maximum absolute atomic E-state index is 12.2. The lowest BCUT2D eigenvalue weighted by atomic mass is 10.0. The summed E-state index contributed by atoms with van der Waals surface area (Å²) in [6, 6.07) is 13.0. The van der Waals surface area contributed by atoms with Crippen molar-refractivity contribution in [2.45, 2.75) is 0 Å². The van der Waals surface area contributed by atoms with Crippen LogP contribution in [-0.4, -0.2) is 15.9 Å². The zero-order valence-electron chi connectivity index (χ0n) is 10.6. The van der Waals surface area contributed by atoms with E-state index >= 15 is 0 Å². The molecule has 0 radical (unpaired) electrons. The van der Waals surface area contributed by atoms with Crippen molar-refractivity contribution in [2.24, 2.45) is 0 Å².